The minimum absolute atomic E-state index is 0.245. The van der Waals surface area contributed by atoms with Crippen molar-refractivity contribution in [1.29, 1.82) is 0 Å². The van der Waals surface area contributed by atoms with Gasteiger partial charge in [-0.3, -0.25) is 9.36 Å². The van der Waals surface area contributed by atoms with Gasteiger partial charge in [0.05, 0.1) is 36.5 Å². The van der Waals surface area contributed by atoms with Crippen molar-refractivity contribution in [3.8, 4) is 11.5 Å². The van der Waals surface area contributed by atoms with E-state index >= 15 is 0 Å². The quantitative estimate of drug-likeness (QED) is 0.236. The molecular formula is C30H29N3O5S. The maximum absolute atomic E-state index is 13.9. The van der Waals surface area contributed by atoms with Crippen LogP contribution in [-0.4, -0.2) is 35.4 Å². The lowest BCUT2D eigenvalue weighted by atomic mass is 9.97. The van der Waals surface area contributed by atoms with E-state index in [0.29, 0.717) is 46.2 Å². The first kappa shape index (κ1) is 26.2. The number of fused-ring (bicyclic) bond motifs is 2. The Morgan fingerprint density at radius 1 is 1.13 bits per heavy atom. The predicted molar refractivity (Wildman–Crippen MR) is 152 cm³/mol. The average molecular weight is 544 g/mol. The highest BCUT2D eigenvalue weighted by atomic mass is 32.1. The van der Waals surface area contributed by atoms with E-state index in [1.165, 1.54) is 24.6 Å². The minimum Gasteiger partial charge on any atom is -0.490 e. The van der Waals surface area contributed by atoms with Gasteiger partial charge in [0.1, 0.15) is 0 Å². The lowest BCUT2D eigenvalue weighted by Gasteiger charge is -2.23. The molecule has 0 amide bonds. The SMILES string of the molecule is C=CCn1cc(/C=c2/sc3n(c2=O)[C@@H](c2ccc(OCC)c(OCC)c2)C(C(=O)OC)=CN=3)c2ccccc21. The molecule has 0 radical (unpaired) electrons. The van der Waals surface area contributed by atoms with Gasteiger partial charge in [-0.25, -0.2) is 9.79 Å². The minimum atomic E-state index is -0.743. The van der Waals surface area contributed by atoms with Crippen LogP contribution in [-0.2, 0) is 16.1 Å². The summed E-state index contributed by atoms with van der Waals surface area (Å²) in [5.74, 6) is 0.572. The summed E-state index contributed by atoms with van der Waals surface area (Å²) in [6.07, 6.45) is 7.22. The molecule has 0 fully saturated rings. The number of esters is 1. The molecule has 0 aliphatic carbocycles. The summed E-state index contributed by atoms with van der Waals surface area (Å²) in [5, 5.41) is 1.03. The van der Waals surface area contributed by atoms with Gasteiger partial charge in [0.15, 0.2) is 16.3 Å². The second-order valence-electron chi connectivity index (χ2n) is 8.79. The maximum Gasteiger partial charge on any atom is 0.337 e. The lowest BCUT2D eigenvalue weighted by molar-refractivity contribution is -0.136. The van der Waals surface area contributed by atoms with Crippen molar-refractivity contribution in [3.63, 3.8) is 0 Å². The highest BCUT2D eigenvalue weighted by Crippen LogP contribution is 2.35. The number of carbonyl (C=O) groups excluding carboxylic acids is 1. The Morgan fingerprint density at radius 3 is 2.64 bits per heavy atom. The van der Waals surface area contributed by atoms with Crippen LogP contribution in [0.15, 0.2) is 82.9 Å². The molecule has 3 heterocycles. The number of benzene rings is 2. The first-order valence-electron chi connectivity index (χ1n) is 12.7. The number of hydrogen-bond acceptors (Lipinski definition) is 7. The molecule has 1 atom stereocenters. The van der Waals surface area contributed by atoms with Gasteiger partial charge in [-0.2, -0.15) is 0 Å². The largest absolute Gasteiger partial charge is 0.490 e. The zero-order valence-electron chi connectivity index (χ0n) is 22.0. The van der Waals surface area contributed by atoms with Gasteiger partial charge < -0.3 is 18.8 Å². The number of carbonyl (C=O) groups is 1. The fourth-order valence-electron chi connectivity index (χ4n) is 4.81. The third-order valence-electron chi connectivity index (χ3n) is 6.44. The zero-order valence-corrected chi connectivity index (χ0v) is 22.9. The number of nitrogens with zero attached hydrogens (tertiary/aromatic N) is 3. The number of thiazole rings is 1. The summed E-state index contributed by atoms with van der Waals surface area (Å²) >= 11 is 1.28. The monoisotopic (exact) mass is 543 g/mol. The van der Waals surface area contributed by atoms with Crippen molar-refractivity contribution in [2.75, 3.05) is 20.3 Å². The Bertz CT molecular complexity index is 1780. The van der Waals surface area contributed by atoms with E-state index in [1.807, 2.05) is 62.5 Å². The Balaban J connectivity index is 1.70. The molecule has 0 N–H and O–H groups in total. The molecule has 1 aliphatic rings. The van der Waals surface area contributed by atoms with Crippen molar-refractivity contribution in [1.82, 2.24) is 9.13 Å². The molecule has 5 rings (SSSR count). The van der Waals surface area contributed by atoms with Crippen LogP contribution < -0.4 is 24.4 Å². The molecule has 0 bridgehead atoms. The van der Waals surface area contributed by atoms with Crippen LogP contribution in [0.4, 0.5) is 0 Å². The first-order valence-corrected chi connectivity index (χ1v) is 13.5. The van der Waals surface area contributed by atoms with E-state index in [4.69, 9.17) is 14.2 Å². The fourth-order valence-corrected chi connectivity index (χ4v) is 5.77. The molecule has 8 nitrogen and oxygen atoms in total. The van der Waals surface area contributed by atoms with Gasteiger partial charge in [0.2, 0.25) is 0 Å². The van der Waals surface area contributed by atoms with E-state index in [-0.39, 0.29) is 11.1 Å². The van der Waals surface area contributed by atoms with Crippen LogP contribution in [0.1, 0.15) is 31.0 Å². The highest BCUT2D eigenvalue weighted by Gasteiger charge is 2.31. The summed E-state index contributed by atoms with van der Waals surface area (Å²) in [6, 6.07) is 12.7. The molecule has 0 spiro atoms. The Morgan fingerprint density at radius 2 is 1.90 bits per heavy atom. The number of aromatic nitrogens is 2. The van der Waals surface area contributed by atoms with E-state index in [9.17, 15) is 9.59 Å². The summed E-state index contributed by atoms with van der Waals surface area (Å²) in [4.78, 5) is 31.7. The Labute approximate surface area is 229 Å². The van der Waals surface area contributed by atoms with Crippen LogP contribution >= 0.6 is 11.3 Å². The van der Waals surface area contributed by atoms with Crippen LogP contribution in [0.2, 0.25) is 0 Å². The zero-order chi connectivity index (χ0) is 27.5. The maximum atomic E-state index is 13.9. The van der Waals surface area contributed by atoms with Gasteiger partial charge in [-0.15, -0.1) is 6.58 Å². The molecular weight excluding hydrogens is 514 g/mol. The number of rotatable bonds is 9. The molecule has 1 aliphatic heterocycles. The van der Waals surface area contributed by atoms with Crippen molar-refractivity contribution in [2.45, 2.75) is 26.4 Å². The van der Waals surface area contributed by atoms with Gasteiger partial charge >= 0.3 is 5.97 Å². The molecule has 9 heteroatoms. The van der Waals surface area contributed by atoms with Crippen molar-refractivity contribution in [3.05, 3.63) is 104 Å². The van der Waals surface area contributed by atoms with Crippen LogP contribution in [0, 0.1) is 0 Å². The molecule has 39 heavy (non-hydrogen) atoms. The number of allylic oxidation sites excluding steroid dienone is 1. The highest BCUT2D eigenvalue weighted by molar-refractivity contribution is 7.07. The van der Waals surface area contributed by atoms with E-state index in [0.717, 1.165) is 16.5 Å². The van der Waals surface area contributed by atoms with Crippen LogP contribution in [0.5, 0.6) is 11.5 Å². The third kappa shape index (κ3) is 4.81. The molecule has 0 saturated carbocycles. The normalized spacial score (nSPS) is 14.9. The van der Waals surface area contributed by atoms with E-state index < -0.39 is 12.0 Å². The number of para-hydroxylation sites is 1. The van der Waals surface area contributed by atoms with Crippen LogP contribution in [0.25, 0.3) is 17.0 Å². The predicted octanol–water partition coefficient (Wildman–Crippen LogP) is 3.96. The van der Waals surface area contributed by atoms with Gasteiger partial charge in [0, 0.05) is 35.4 Å². The second kappa shape index (κ2) is 11.2. The molecule has 0 unspecified atom stereocenters. The smallest absolute Gasteiger partial charge is 0.337 e. The number of hydrogen-bond donors (Lipinski definition) is 0. The molecule has 2 aromatic carbocycles. The average Bonchev–Trinajstić information content (AvgIpc) is 3.46. The fraction of sp³-hybridized carbons (Fsp3) is 0.233. The molecule has 0 saturated heterocycles. The lowest BCUT2D eigenvalue weighted by Crippen LogP contribution is -2.39. The van der Waals surface area contributed by atoms with Gasteiger partial charge in [-0.1, -0.05) is 41.7 Å². The van der Waals surface area contributed by atoms with Crippen molar-refractivity contribution >= 4 is 34.3 Å². The molecule has 200 valence electrons. The van der Waals surface area contributed by atoms with Gasteiger partial charge in [0.25, 0.3) is 5.56 Å². The third-order valence-corrected chi connectivity index (χ3v) is 7.44. The van der Waals surface area contributed by atoms with Crippen molar-refractivity contribution < 1.29 is 19.0 Å². The first-order chi connectivity index (χ1) is 19.0. The van der Waals surface area contributed by atoms with Crippen molar-refractivity contribution in [2.24, 2.45) is 4.99 Å². The van der Waals surface area contributed by atoms with Gasteiger partial charge in [-0.05, 0) is 43.7 Å². The Kier molecular flexibility index (Phi) is 7.51. The Hall–Kier alpha value is -4.37. The molecule has 4 aromatic rings. The summed E-state index contributed by atoms with van der Waals surface area (Å²) in [5.41, 5.74) is 2.67. The number of methoxy groups -OCH3 is 1. The summed E-state index contributed by atoms with van der Waals surface area (Å²) in [7, 11) is 1.31. The second-order valence-corrected chi connectivity index (χ2v) is 9.80. The van der Waals surface area contributed by atoms with E-state index in [2.05, 4.69) is 16.1 Å². The topological polar surface area (TPSA) is 84.0 Å². The van der Waals surface area contributed by atoms with E-state index in [1.54, 1.807) is 16.7 Å². The molecule has 2 aromatic heterocycles. The van der Waals surface area contributed by atoms with Crippen LogP contribution in [0.3, 0.4) is 0 Å². The summed E-state index contributed by atoms with van der Waals surface area (Å²) in [6.45, 7) is 9.21. The number of ether oxygens (including phenoxy) is 3. The standard InChI is InChI=1S/C30H29N3O5S/c1-5-14-32-18-20(21-10-8-9-11-23(21)32)16-26-28(34)33-27(22(29(35)36-4)17-31-30(33)39-26)19-12-13-24(37-6-2)25(15-19)38-7-3/h5,8-13,15-18,27H,1,6-7,14H2,2-4H3/b26-16+/t27-/m0/s1. The summed E-state index contributed by atoms with van der Waals surface area (Å²) < 4.78 is 20.8.